The first-order chi connectivity index (χ1) is 29.7. The average molecular weight is 839 g/mol. The van der Waals surface area contributed by atoms with E-state index in [9.17, 15) is 14.4 Å². The zero-order chi connectivity index (χ0) is 42.3. The predicted octanol–water partition coefficient (Wildman–Crippen LogP) is 6.94. The van der Waals surface area contributed by atoms with Crippen LogP contribution >= 0.6 is 11.3 Å². The Morgan fingerprint density at radius 2 is 1.66 bits per heavy atom. The van der Waals surface area contributed by atoms with Gasteiger partial charge in [-0.2, -0.15) is 0 Å². The van der Waals surface area contributed by atoms with Crippen molar-refractivity contribution in [1.29, 1.82) is 0 Å². The number of rotatable bonds is 15. The van der Waals surface area contributed by atoms with Gasteiger partial charge in [0.2, 0.25) is 0 Å². The molecule has 8 rings (SSSR count). The van der Waals surface area contributed by atoms with Gasteiger partial charge in [0.15, 0.2) is 5.13 Å². The van der Waals surface area contributed by atoms with E-state index in [2.05, 4.69) is 50.0 Å². The molecule has 0 aliphatic carbocycles. The van der Waals surface area contributed by atoms with Gasteiger partial charge in [0, 0.05) is 60.8 Å². The Labute approximate surface area is 356 Å². The lowest BCUT2D eigenvalue weighted by molar-refractivity contribution is 0.0383. The molecular formula is C45H46N10O5S. The number of aromatic nitrogens is 6. The number of carbonyl (C=O) groups is 3. The summed E-state index contributed by atoms with van der Waals surface area (Å²) in [7, 11) is 1.73. The third-order valence-electron chi connectivity index (χ3n) is 10.2. The van der Waals surface area contributed by atoms with Crippen LogP contribution in [0.5, 0.6) is 5.88 Å². The number of morpholine rings is 1. The Morgan fingerprint density at radius 3 is 2.46 bits per heavy atom. The first kappa shape index (κ1) is 41.0. The molecule has 61 heavy (non-hydrogen) atoms. The summed E-state index contributed by atoms with van der Waals surface area (Å²) in [5.41, 5.74) is 5.31. The highest BCUT2D eigenvalue weighted by atomic mass is 32.1. The van der Waals surface area contributed by atoms with Gasteiger partial charge >= 0.3 is 0 Å². The van der Waals surface area contributed by atoms with Crippen molar-refractivity contribution in [3.8, 4) is 5.88 Å². The summed E-state index contributed by atoms with van der Waals surface area (Å²) >= 11 is 1.31. The number of amides is 3. The molecule has 7 aromatic rings. The van der Waals surface area contributed by atoms with Gasteiger partial charge < -0.3 is 24.8 Å². The largest absolute Gasteiger partial charge is 0.379 e. The number of nitrogens with one attached hydrogen (secondary N) is 3. The Balaban J connectivity index is 0.909. The van der Waals surface area contributed by atoms with Crippen LogP contribution in [0.25, 0.3) is 34.1 Å². The van der Waals surface area contributed by atoms with Gasteiger partial charge in [-0.25, -0.2) is 9.97 Å². The van der Waals surface area contributed by atoms with E-state index in [4.69, 9.17) is 14.6 Å². The lowest BCUT2D eigenvalue weighted by atomic mass is 10.1. The second-order valence-corrected chi connectivity index (χ2v) is 16.2. The molecule has 1 saturated heterocycles. The van der Waals surface area contributed by atoms with Crippen molar-refractivity contribution in [2.24, 2.45) is 13.0 Å². The monoisotopic (exact) mass is 838 g/mol. The molecule has 3 N–H and O–H groups in total. The van der Waals surface area contributed by atoms with Gasteiger partial charge in [0.25, 0.3) is 23.6 Å². The molecule has 0 saturated carbocycles. The molecule has 1 aliphatic rings. The van der Waals surface area contributed by atoms with Crippen LogP contribution in [0.2, 0.25) is 0 Å². The second kappa shape index (κ2) is 18.7. The van der Waals surface area contributed by atoms with Gasteiger partial charge in [0.05, 0.1) is 24.4 Å². The van der Waals surface area contributed by atoms with Crippen molar-refractivity contribution >= 4 is 74.0 Å². The summed E-state index contributed by atoms with van der Waals surface area (Å²) in [5, 5.41) is 18.4. The summed E-state index contributed by atoms with van der Waals surface area (Å²) in [6, 6.07) is 26.1. The van der Waals surface area contributed by atoms with Gasteiger partial charge in [0.1, 0.15) is 22.4 Å². The number of benzene rings is 3. The van der Waals surface area contributed by atoms with Gasteiger partial charge in [-0.05, 0) is 78.1 Å². The molecule has 0 unspecified atom stereocenters. The molecule has 5 heterocycles. The highest BCUT2D eigenvalue weighted by Gasteiger charge is 2.22. The van der Waals surface area contributed by atoms with Crippen molar-refractivity contribution in [1.82, 2.24) is 39.9 Å². The van der Waals surface area contributed by atoms with Crippen LogP contribution in [0.15, 0.2) is 91.1 Å². The molecule has 16 heteroatoms. The maximum atomic E-state index is 13.5. The standard InChI is InChI=1S/C45H46N10O5S/c1-29(2)12-19-39-40(43(58)46-20-21-54-22-24-59-25-23-54)49-45(61-39)50-42(57)38-27-34(28-53(38)3)47-41(56)31-16-13-30(14-17-31)15-18-33-26-32-8-4-5-9-35(32)48-44(33)60-55-37-11-7-6-10-36(37)51-52-55/h4-11,13-18,26-29H,12,19-25H2,1-3H3,(H,46,58)(H,47,56)(H,49,50,57)/b18-15+. The summed E-state index contributed by atoms with van der Waals surface area (Å²) in [6.07, 6.45) is 7.05. The van der Waals surface area contributed by atoms with Crippen LogP contribution in [-0.2, 0) is 18.2 Å². The summed E-state index contributed by atoms with van der Waals surface area (Å²) in [5.74, 6) is -0.200. The van der Waals surface area contributed by atoms with Crippen LogP contribution in [0, 0.1) is 5.92 Å². The maximum Gasteiger partial charge on any atom is 0.274 e. The Morgan fingerprint density at radius 1 is 0.885 bits per heavy atom. The maximum absolute atomic E-state index is 13.5. The minimum atomic E-state index is -0.410. The molecule has 0 radical (unpaired) electrons. The number of hydrogen-bond donors (Lipinski definition) is 3. The van der Waals surface area contributed by atoms with Gasteiger partial charge in [-0.1, -0.05) is 67.2 Å². The van der Waals surface area contributed by atoms with Crippen molar-refractivity contribution in [3.05, 3.63) is 124 Å². The lowest BCUT2D eigenvalue weighted by Gasteiger charge is -2.26. The molecule has 1 fully saturated rings. The van der Waals surface area contributed by atoms with E-state index in [-0.39, 0.29) is 11.8 Å². The van der Waals surface area contributed by atoms with E-state index < -0.39 is 5.91 Å². The Kier molecular flexibility index (Phi) is 12.5. The number of thiazole rings is 1. The van der Waals surface area contributed by atoms with Crippen LogP contribution in [0.3, 0.4) is 0 Å². The number of hydrogen-bond acceptors (Lipinski definition) is 11. The number of pyridine rings is 1. The van der Waals surface area contributed by atoms with E-state index in [0.29, 0.717) is 76.8 Å². The molecule has 1 aliphatic heterocycles. The number of ether oxygens (including phenoxy) is 1. The second-order valence-electron chi connectivity index (χ2n) is 15.1. The molecular weight excluding hydrogens is 793 g/mol. The summed E-state index contributed by atoms with van der Waals surface area (Å²) in [4.78, 5) is 60.0. The minimum Gasteiger partial charge on any atom is -0.379 e. The number of carbonyl (C=O) groups excluding carboxylic acids is 3. The topological polar surface area (TPSA) is 170 Å². The van der Waals surface area contributed by atoms with E-state index in [0.717, 1.165) is 53.0 Å². The predicted molar refractivity (Wildman–Crippen MR) is 237 cm³/mol. The van der Waals surface area contributed by atoms with E-state index in [1.807, 2.05) is 78.9 Å². The fraction of sp³-hybridized carbons (Fsp3) is 0.267. The fourth-order valence-corrected chi connectivity index (χ4v) is 7.84. The molecule has 312 valence electrons. The first-order valence-electron chi connectivity index (χ1n) is 20.2. The quantitative estimate of drug-likeness (QED) is 0.0983. The third-order valence-corrected chi connectivity index (χ3v) is 11.3. The zero-order valence-electron chi connectivity index (χ0n) is 34.1. The molecule has 15 nitrogen and oxygen atoms in total. The van der Waals surface area contributed by atoms with Crippen LogP contribution < -0.4 is 20.8 Å². The number of anilines is 2. The van der Waals surface area contributed by atoms with Crippen molar-refractivity contribution in [2.75, 3.05) is 50.0 Å². The lowest BCUT2D eigenvalue weighted by Crippen LogP contribution is -2.41. The first-order valence-corrected chi connectivity index (χ1v) is 21.0. The fourth-order valence-electron chi connectivity index (χ4n) is 6.87. The molecule has 0 spiro atoms. The van der Waals surface area contributed by atoms with E-state index >= 15 is 0 Å². The molecule has 0 bridgehead atoms. The smallest absolute Gasteiger partial charge is 0.274 e. The van der Waals surface area contributed by atoms with Crippen LogP contribution in [0.4, 0.5) is 10.8 Å². The highest BCUT2D eigenvalue weighted by molar-refractivity contribution is 7.16. The van der Waals surface area contributed by atoms with E-state index in [1.54, 1.807) is 36.0 Å². The van der Waals surface area contributed by atoms with Crippen LogP contribution in [-0.4, -0.2) is 91.7 Å². The van der Waals surface area contributed by atoms with Crippen molar-refractivity contribution < 1.29 is 24.0 Å². The minimum absolute atomic E-state index is 0.254. The number of fused-ring (bicyclic) bond motifs is 2. The molecule has 3 aromatic carbocycles. The summed E-state index contributed by atoms with van der Waals surface area (Å²) in [6.45, 7) is 8.55. The number of para-hydroxylation sites is 2. The van der Waals surface area contributed by atoms with Crippen molar-refractivity contribution in [3.63, 3.8) is 0 Å². The SMILES string of the molecule is CC(C)CCc1sc(NC(=O)c2cc(NC(=O)c3ccc(/C=C/c4cc5ccccc5nc4On4nnc5ccccc54)cc3)cn2C)nc1C(=O)NCCN1CCOCC1. The average Bonchev–Trinajstić information content (AvgIpc) is 3.98. The normalized spacial score (nSPS) is 13.3. The Hall–Kier alpha value is -6.75. The molecule has 0 atom stereocenters. The van der Waals surface area contributed by atoms with E-state index in [1.165, 1.54) is 16.2 Å². The Bertz CT molecular complexity index is 2710. The number of aryl methyl sites for hydroxylation is 2. The number of nitrogens with zero attached hydrogens (tertiary/aromatic N) is 7. The van der Waals surface area contributed by atoms with Gasteiger partial charge in [-0.15, -0.1) is 16.4 Å². The molecule has 4 aromatic heterocycles. The van der Waals surface area contributed by atoms with Gasteiger partial charge in [-0.3, -0.25) is 24.6 Å². The van der Waals surface area contributed by atoms with Crippen molar-refractivity contribution in [2.45, 2.75) is 26.7 Å². The third kappa shape index (κ3) is 10.0. The van der Waals surface area contributed by atoms with Crippen LogP contribution in [0.1, 0.15) is 67.6 Å². The molecule has 3 amide bonds. The zero-order valence-corrected chi connectivity index (χ0v) is 34.9. The highest BCUT2D eigenvalue weighted by Crippen LogP contribution is 2.28. The summed E-state index contributed by atoms with van der Waals surface area (Å²) < 4.78 is 7.05.